The summed E-state index contributed by atoms with van der Waals surface area (Å²) in [5.41, 5.74) is 3.51. The van der Waals surface area contributed by atoms with Crippen LogP contribution in [0.2, 0.25) is 0 Å². The Morgan fingerprint density at radius 2 is 1.94 bits per heavy atom. The van der Waals surface area contributed by atoms with Gasteiger partial charge in [0.25, 0.3) is 5.56 Å². The molecule has 0 aliphatic heterocycles. The second kappa shape index (κ2) is 10.7. The highest BCUT2D eigenvalue weighted by Crippen LogP contribution is 2.26. The van der Waals surface area contributed by atoms with E-state index in [1.54, 1.807) is 18.2 Å². The lowest BCUT2D eigenvalue weighted by atomic mass is 10.1. The van der Waals surface area contributed by atoms with Crippen LogP contribution in [0.3, 0.4) is 0 Å². The largest absolute Gasteiger partial charge is 0.396 e. The average molecular weight is 481 g/mol. The molecule has 2 heterocycles. The summed E-state index contributed by atoms with van der Waals surface area (Å²) >= 11 is 2.57. The molecule has 0 saturated carbocycles. The van der Waals surface area contributed by atoms with Crippen molar-refractivity contribution in [1.29, 1.82) is 0 Å². The smallest absolute Gasteiger partial charge is 0.262 e. The number of thiazole rings is 1. The van der Waals surface area contributed by atoms with E-state index in [1.165, 1.54) is 33.2 Å². The van der Waals surface area contributed by atoms with Crippen molar-refractivity contribution in [2.45, 2.75) is 31.5 Å². The zero-order valence-corrected chi connectivity index (χ0v) is 19.8. The van der Waals surface area contributed by atoms with Crippen LogP contribution < -0.4 is 10.9 Å². The van der Waals surface area contributed by atoms with Gasteiger partial charge in [-0.2, -0.15) is 0 Å². The van der Waals surface area contributed by atoms with Gasteiger partial charge in [0.15, 0.2) is 10.3 Å². The van der Waals surface area contributed by atoms with E-state index in [4.69, 9.17) is 0 Å². The molecule has 4 aromatic rings. The predicted octanol–water partition coefficient (Wildman–Crippen LogP) is 4.20. The van der Waals surface area contributed by atoms with E-state index in [-0.39, 0.29) is 23.8 Å². The first-order valence-corrected chi connectivity index (χ1v) is 12.5. The van der Waals surface area contributed by atoms with Gasteiger partial charge in [0, 0.05) is 24.1 Å². The number of para-hydroxylation sites is 1. The fourth-order valence-corrected chi connectivity index (χ4v) is 4.91. The number of anilines is 1. The van der Waals surface area contributed by atoms with E-state index >= 15 is 0 Å². The molecule has 9 heteroatoms. The van der Waals surface area contributed by atoms with Crippen LogP contribution in [0.1, 0.15) is 18.9 Å². The summed E-state index contributed by atoms with van der Waals surface area (Å²) < 4.78 is 1.53. The summed E-state index contributed by atoms with van der Waals surface area (Å²) in [4.78, 5) is 34.6. The molecule has 33 heavy (non-hydrogen) atoms. The zero-order chi connectivity index (χ0) is 23.2. The van der Waals surface area contributed by atoms with Gasteiger partial charge in [-0.1, -0.05) is 55.1 Å². The van der Waals surface area contributed by atoms with Gasteiger partial charge in [-0.3, -0.25) is 14.2 Å². The standard InChI is InChI=1S/C24H24N4O3S2/c1-2-16-8-10-17(11-9-16)20-14-32-23(25-20)27-21(30)15-33-24-26-19-7-4-3-6-18(19)22(31)28(24)12-5-13-29/h3-4,6-11,14,29H,2,5,12-13,15H2,1H3,(H,25,27,30). The Balaban J connectivity index is 1.45. The number of aliphatic hydroxyl groups is 1. The van der Waals surface area contributed by atoms with Gasteiger partial charge >= 0.3 is 0 Å². The molecule has 2 aromatic carbocycles. The van der Waals surface area contributed by atoms with Crippen LogP contribution in [-0.2, 0) is 17.8 Å². The van der Waals surface area contributed by atoms with Crippen LogP contribution in [0.25, 0.3) is 22.2 Å². The van der Waals surface area contributed by atoms with Crippen LogP contribution in [0, 0.1) is 0 Å². The first-order valence-electron chi connectivity index (χ1n) is 10.7. The lowest BCUT2D eigenvalue weighted by molar-refractivity contribution is -0.113. The highest BCUT2D eigenvalue weighted by molar-refractivity contribution is 7.99. The van der Waals surface area contributed by atoms with Gasteiger partial charge in [0.2, 0.25) is 5.91 Å². The number of nitrogens with zero attached hydrogens (tertiary/aromatic N) is 3. The summed E-state index contributed by atoms with van der Waals surface area (Å²) in [6.07, 6.45) is 1.41. The molecule has 7 nitrogen and oxygen atoms in total. The van der Waals surface area contributed by atoms with E-state index in [1.807, 2.05) is 23.6 Å². The van der Waals surface area contributed by atoms with Crippen molar-refractivity contribution in [3.63, 3.8) is 0 Å². The Morgan fingerprint density at radius 1 is 1.15 bits per heavy atom. The third kappa shape index (κ3) is 5.50. The molecule has 0 bridgehead atoms. The zero-order valence-electron chi connectivity index (χ0n) is 18.2. The molecule has 0 radical (unpaired) electrons. The summed E-state index contributed by atoms with van der Waals surface area (Å²) in [5, 5.41) is 15.5. The van der Waals surface area contributed by atoms with Crippen molar-refractivity contribution < 1.29 is 9.90 Å². The SMILES string of the molecule is CCc1ccc(-c2csc(NC(=O)CSc3nc4ccccc4c(=O)n3CCCO)n2)cc1. The van der Waals surface area contributed by atoms with Gasteiger partial charge in [-0.05, 0) is 30.5 Å². The van der Waals surface area contributed by atoms with Gasteiger partial charge in [0.05, 0.1) is 22.3 Å². The number of hydrogen-bond acceptors (Lipinski definition) is 7. The summed E-state index contributed by atoms with van der Waals surface area (Å²) in [6.45, 7) is 2.42. The number of carbonyl (C=O) groups is 1. The Kier molecular flexibility index (Phi) is 7.54. The van der Waals surface area contributed by atoms with E-state index in [0.717, 1.165) is 17.7 Å². The Labute approximate surface area is 199 Å². The Hall–Kier alpha value is -3.01. The first kappa shape index (κ1) is 23.2. The quantitative estimate of drug-likeness (QED) is 0.275. The monoisotopic (exact) mass is 480 g/mol. The number of rotatable bonds is 9. The molecule has 4 rings (SSSR count). The fourth-order valence-electron chi connectivity index (χ4n) is 3.34. The third-order valence-electron chi connectivity index (χ3n) is 5.11. The summed E-state index contributed by atoms with van der Waals surface area (Å²) in [7, 11) is 0. The second-order valence-electron chi connectivity index (χ2n) is 7.37. The summed E-state index contributed by atoms with van der Waals surface area (Å²) in [6, 6.07) is 15.4. The molecule has 0 aliphatic rings. The average Bonchev–Trinajstić information content (AvgIpc) is 3.30. The fraction of sp³-hybridized carbons (Fsp3) is 0.250. The first-order chi connectivity index (χ1) is 16.1. The highest BCUT2D eigenvalue weighted by atomic mass is 32.2. The Morgan fingerprint density at radius 3 is 2.70 bits per heavy atom. The van der Waals surface area contributed by atoms with Gasteiger partial charge in [-0.25, -0.2) is 9.97 Å². The molecule has 0 spiro atoms. The number of carbonyl (C=O) groups excluding carboxylic acids is 1. The predicted molar refractivity (Wildman–Crippen MR) is 134 cm³/mol. The maximum absolute atomic E-state index is 12.9. The van der Waals surface area contributed by atoms with Crippen LogP contribution in [-0.4, -0.2) is 37.9 Å². The topological polar surface area (TPSA) is 97.1 Å². The normalized spacial score (nSPS) is 11.1. The molecular weight excluding hydrogens is 456 g/mol. The van der Waals surface area contributed by atoms with Crippen LogP contribution >= 0.6 is 23.1 Å². The number of aliphatic hydroxyl groups excluding tert-OH is 1. The molecule has 0 unspecified atom stereocenters. The highest BCUT2D eigenvalue weighted by Gasteiger charge is 2.14. The van der Waals surface area contributed by atoms with Gasteiger partial charge in [0.1, 0.15) is 0 Å². The maximum Gasteiger partial charge on any atom is 0.262 e. The Bertz CT molecular complexity index is 1320. The van der Waals surface area contributed by atoms with Crippen molar-refractivity contribution in [1.82, 2.24) is 14.5 Å². The van der Waals surface area contributed by atoms with Crippen molar-refractivity contribution in [3.05, 3.63) is 69.8 Å². The van der Waals surface area contributed by atoms with E-state index in [0.29, 0.717) is 34.2 Å². The number of aryl methyl sites for hydroxylation is 1. The van der Waals surface area contributed by atoms with Gasteiger partial charge in [-0.15, -0.1) is 11.3 Å². The molecule has 2 N–H and O–H groups in total. The molecule has 0 fully saturated rings. The number of amides is 1. The van der Waals surface area contributed by atoms with E-state index in [2.05, 4.69) is 34.3 Å². The number of nitrogens with one attached hydrogen (secondary N) is 1. The molecular formula is C24H24N4O3S2. The van der Waals surface area contributed by atoms with Crippen LogP contribution in [0.5, 0.6) is 0 Å². The summed E-state index contributed by atoms with van der Waals surface area (Å²) in [5.74, 6) is -0.136. The molecule has 0 aliphatic carbocycles. The lowest BCUT2D eigenvalue weighted by Crippen LogP contribution is -2.24. The molecule has 0 saturated heterocycles. The van der Waals surface area contributed by atoms with Crippen molar-refractivity contribution in [2.75, 3.05) is 17.7 Å². The number of thioether (sulfide) groups is 1. The second-order valence-corrected chi connectivity index (χ2v) is 9.17. The number of aromatic nitrogens is 3. The van der Waals surface area contributed by atoms with Crippen LogP contribution in [0.4, 0.5) is 5.13 Å². The van der Waals surface area contributed by atoms with E-state index in [9.17, 15) is 14.7 Å². The maximum atomic E-state index is 12.9. The number of hydrogen-bond donors (Lipinski definition) is 2. The van der Waals surface area contributed by atoms with Crippen molar-refractivity contribution >= 4 is 45.0 Å². The van der Waals surface area contributed by atoms with Crippen molar-refractivity contribution in [3.8, 4) is 11.3 Å². The lowest BCUT2D eigenvalue weighted by Gasteiger charge is -2.12. The molecule has 170 valence electrons. The van der Waals surface area contributed by atoms with Gasteiger partial charge < -0.3 is 10.4 Å². The molecule has 0 atom stereocenters. The van der Waals surface area contributed by atoms with E-state index < -0.39 is 0 Å². The minimum absolute atomic E-state index is 0.0303. The minimum atomic E-state index is -0.224. The van der Waals surface area contributed by atoms with Crippen LogP contribution in [0.15, 0.2) is 63.9 Å². The third-order valence-corrected chi connectivity index (χ3v) is 6.84. The van der Waals surface area contributed by atoms with Crippen molar-refractivity contribution in [2.24, 2.45) is 0 Å². The number of fused-ring (bicyclic) bond motifs is 1. The molecule has 1 amide bonds. The minimum Gasteiger partial charge on any atom is -0.396 e. The molecule has 2 aromatic heterocycles. The number of benzene rings is 2.